The van der Waals surface area contributed by atoms with Crippen LogP contribution in [0.4, 0.5) is 0 Å². The molecule has 1 heterocycles. The predicted molar refractivity (Wildman–Crippen MR) is 132 cm³/mol. The first-order valence-electron chi connectivity index (χ1n) is 12.3. The van der Waals surface area contributed by atoms with Crippen LogP contribution in [-0.4, -0.2) is 94.0 Å². The zero-order chi connectivity index (χ0) is 29.3. The van der Waals surface area contributed by atoms with Gasteiger partial charge in [-0.15, -0.1) is 0 Å². The van der Waals surface area contributed by atoms with Crippen molar-refractivity contribution in [1.82, 2.24) is 31.9 Å². The number of aliphatic hydroxyl groups excluding tert-OH is 1. The third kappa shape index (κ3) is 9.95. The number of carboxylic acids is 1. The van der Waals surface area contributed by atoms with E-state index in [1.807, 2.05) is 0 Å². The number of carboxylic acid groups (broad SMARTS) is 1. The summed E-state index contributed by atoms with van der Waals surface area (Å²) >= 11 is 0. The second-order valence-corrected chi connectivity index (χ2v) is 9.77. The number of amides is 6. The Morgan fingerprint density at radius 2 is 1.05 bits per heavy atom. The Bertz CT molecular complexity index is 938. The third-order valence-electron chi connectivity index (χ3n) is 5.67. The molecule has 0 spiro atoms. The highest BCUT2D eigenvalue weighted by molar-refractivity contribution is 5.98. The molecule has 15 nitrogen and oxygen atoms in total. The second kappa shape index (κ2) is 14.3. The Labute approximate surface area is 220 Å². The summed E-state index contributed by atoms with van der Waals surface area (Å²) < 4.78 is 0. The zero-order valence-corrected chi connectivity index (χ0v) is 22.3. The summed E-state index contributed by atoms with van der Waals surface area (Å²) in [5, 5.41) is 33.5. The van der Waals surface area contributed by atoms with Crippen LogP contribution in [0.3, 0.4) is 0 Å². The van der Waals surface area contributed by atoms with Gasteiger partial charge in [-0.1, -0.05) is 13.8 Å². The van der Waals surface area contributed by atoms with E-state index in [-0.39, 0.29) is 12.3 Å². The van der Waals surface area contributed by atoms with Crippen molar-refractivity contribution < 1.29 is 43.8 Å². The van der Waals surface area contributed by atoms with Crippen molar-refractivity contribution in [2.24, 2.45) is 5.92 Å². The van der Waals surface area contributed by atoms with Gasteiger partial charge in [0.05, 0.1) is 12.5 Å². The Morgan fingerprint density at radius 1 is 0.658 bits per heavy atom. The van der Waals surface area contributed by atoms with Gasteiger partial charge in [0, 0.05) is 0 Å². The number of nitrogens with one attached hydrogen (secondary N) is 6. The number of aliphatic hydroxyl groups is 1. The fourth-order valence-corrected chi connectivity index (χ4v) is 3.49. The molecule has 0 radical (unpaired) electrons. The van der Waals surface area contributed by atoms with Gasteiger partial charge >= 0.3 is 5.97 Å². The summed E-state index contributed by atoms with van der Waals surface area (Å²) in [4.78, 5) is 87.9. The molecule has 0 aromatic heterocycles. The Balaban J connectivity index is 3.43. The maximum Gasteiger partial charge on any atom is 0.305 e. The molecule has 0 aliphatic carbocycles. The van der Waals surface area contributed by atoms with Crippen LogP contribution in [0.2, 0.25) is 0 Å². The first-order chi connectivity index (χ1) is 17.5. The van der Waals surface area contributed by atoms with E-state index in [4.69, 9.17) is 0 Å². The van der Waals surface area contributed by atoms with Crippen LogP contribution in [0, 0.1) is 5.92 Å². The van der Waals surface area contributed by atoms with Crippen molar-refractivity contribution in [3.8, 4) is 0 Å². The van der Waals surface area contributed by atoms with Crippen molar-refractivity contribution in [1.29, 1.82) is 0 Å². The van der Waals surface area contributed by atoms with E-state index in [0.717, 1.165) is 0 Å². The number of carbonyl (C=O) groups is 7. The van der Waals surface area contributed by atoms with Crippen LogP contribution < -0.4 is 31.9 Å². The quantitative estimate of drug-likeness (QED) is 0.175. The van der Waals surface area contributed by atoms with Crippen LogP contribution in [0.25, 0.3) is 0 Å². The van der Waals surface area contributed by atoms with Crippen LogP contribution in [-0.2, 0) is 33.6 Å². The van der Waals surface area contributed by atoms with Crippen molar-refractivity contribution in [2.45, 2.75) is 96.7 Å². The van der Waals surface area contributed by atoms with Crippen LogP contribution in [0.5, 0.6) is 0 Å². The number of rotatable bonds is 5. The van der Waals surface area contributed by atoms with Crippen LogP contribution in [0.1, 0.15) is 54.4 Å². The molecule has 1 aliphatic rings. The van der Waals surface area contributed by atoms with Crippen molar-refractivity contribution in [3.63, 3.8) is 0 Å². The molecule has 7 atom stereocenters. The molecule has 0 unspecified atom stereocenters. The molecule has 1 fully saturated rings. The van der Waals surface area contributed by atoms with E-state index in [2.05, 4.69) is 31.9 Å². The highest BCUT2D eigenvalue weighted by atomic mass is 16.4. The molecular weight excluding hydrogens is 504 g/mol. The Kier molecular flexibility index (Phi) is 12.1. The van der Waals surface area contributed by atoms with Crippen LogP contribution >= 0.6 is 0 Å². The van der Waals surface area contributed by atoms with Crippen LogP contribution in [0.15, 0.2) is 0 Å². The average Bonchev–Trinajstić information content (AvgIpc) is 2.79. The molecule has 0 saturated carbocycles. The largest absolute Gasteiger partial charge is 0.481 e. The minimum Gasteiger partial charge on any atom is -0.481 e. The normalized spacial score (nSPS) is 29.5. The fraction of sp³-hybridized carbons (Fsp3) is 0.696. The molecule has 214 valence electrons. The number of hydrogen-bond donors (Lipinski definition) is 8. The number of aliphatic carboxylic acids is 1. The van der Waals surface area contributed by atoms with Gasteiger partial charge in [-0.25, -0.2) is 0 Å². The van der Waals surface area contributed by atoms with E-state index in [1.54, 1.807) is 13.8 Å². The molecule has 1 saturated heterocycles. The van der Waals surface area contributed by atoms with Gasteiger partial charge in [-0.05, 0) is 40.0 Å². The molecule has 0 bridgehead atoms. The van der Waals surface area contributed by atoms with Crippen molar-refractivity contribution in [2.75, 3.05) is 0 Å². The summed E-state index contributed by atoms with van der Waals surface area (Å²) in [6.45, 7) is 8.76. The SMILES string of the molecule is CC(C)C[C@@H]1NC(=O)[C@@H](C)NC(=O)[C@H](C)NC(=O)[C@@H](C)NC(=O)[C@H]([C@@H](C)O)NC(=O)[C@@H](CC(=O)O)NC1=O. The van der Waals surface area contributed by atoms with E-state index in [1.165, 1.54) is 27.7 Å². The molecule has 6 amide bonds. The van der Waals surface area contributed by atoms with Gasteiger partial charge in [0.25, 0.3) is 0 Å². The smallest absolute Gasteiger partial charge is 0.305 e. The molecule has 1 aliphatic heterocycles. The van der Waals surface area contributed by atoms with E-state index in [0.29, 0.717) is 0 Å². The number of hydrogen-bond acceptors (Lipinski definition) is 8. The molecule has 15 heteroatoms. The predicted octanol–water partition coefficient (Wildman–Crippen LogP) is -3.13. The molecule has 0 aromatic carbocycles. The lowest BCUT2D eigenvalue weighted by Crippen LogP contribution is -2.62. The van der Waals surface area contributed by atoms with Gasteiger partial charge in [-0.2, -0.15) is 0 Å². The lowest BCUT2D eigenvalue weighted by molar-refractivity contribution is -0.142. The van der Waals surface area contributed by atoms with E-state index >= 15 is 0 Å². The van der Waals surface area contributed by atoms with Gasteiger partial charge in [0.1, 0.15) is 36.3 Å². The van der Waals surface area contributed by atoms with Gasteiger partial charge in [-0.3, -0.25) is 33.6 Å². The Hall–Kier alpha value is -3.75. The van der Waals surface area contributed by atoms with Crippen molar-refractivity contribution in [3.05, 3.63) is 0 Å². The molecule has 8 N–H and O–H groups in total. The fourth-order valence-electron chi connectivity index (χ4n) is 3.49. The maximum atomic E-state index is 13.0. The van der Waals surface area contributed by atoms with Gasteiger partial charge in [0.2, 0.25) is 35.4 Å². The second-order valence-electron chi connectivity index (χ2n) is 9.77. The summed E-state index contributed by atoms with van der Waals surface area (Å²) in [5.74, 6) is -6.65. The lowest BCUT2D eigenvalue weighted by atomic mass is 10.0. The molecule has 0 aromatic rings. The summed E-state index contributed by atoms with van der Waals surface area (Å²) in [6, 6.07) is -7.91. The van der Waals surface area contributed by atoms with Gasteiger partial charge in [0.15, 0.2) is 0 Å². The highest BCUT2D eigenvalue weighted by Gasteiger charge is 2.35. The average molecular weight is 543 g/mol. The maximum absolute atomic E-state index is 13.0. The molecule has 1 rings (SSSR count). The third-order valence-corrected chi connectivity index (χ3v) is 5.67. The molecule has 38 heavy (non-hydrogen) atoms. The summed E-state index contributed by atoms with van der Waals surface area (Å²) in [6.07, 6.45) is -2.22. The molecular formula is C23H38N6O9. The van der Waals surface area contributed by atoms with Crippen molar-refractivity contribution >= 4 is 41.4 Å². The first-order valence-corrected chi connectivity index (χ1v) is 12.3. The monoisotopic (exact) mass is 542 g/mol. The number of carbonyl (C=O) groups excluding carboxylic acids is 6. The van der Waals surface area contributed by atoms with E-state index in [9.17, 15) is 43.8 Å². The minimum absolute atomic E-state index is 0.110. The summed E-state index contributed by atoms with van der Waals surface area (Å²) in [5.41, 5.74) is 0. The zero-order valence-electron chi connectivity index (χ0n) is 22.3. The Morgan fingerprint density at radius 3 is 1.47 bits per heavy atom. The topological polar surface area (TPSA) is 232 Å². The van der Waals surface area contributed by atoms with Gasteiger partial charge < -0.3 is 42.1 Å². The first kappa shape index (κ1) is 32.3. The standard InChI is InChI=1S/C23H38N6O9/c1-9(2)7-14-21(36)28-15(8-16(31)32)22(37)29-17(13(6)30)23(38)26-11(4)19(34)24-10(3)18(33)25-12(5)20(35)27-14/h9-15,17,30H,7-8H2,1-6H3,(H,24,34)(H,25,33)(H,26,38)(H,27,35)(H,28,36)(H,29,37)(H,31,32)/t10-,11+,12+,13+,14-,15+,17-/m0/s1. The lowest BCUT2D eigenvalue weighted by Gasteiger charge is -2.28. The summed E-state index contributed by atoms with van der Waals surface area (Å²) in [7, 11) is 0. The highest BCUT2D eigenvalue weighted by Crippen LogP contribution is 2.08. The van der Waals surface area contributed by atoms with E-state index < -0.39 is 90.2 Å². The minimum atomic E-state index is -1.67.